The molecule has 0 bridgehead atoms. The number of unbranched alkanes of at least 4 members (excludes halogenated alkanes) is 1. The van der Waals surface area contributed by atoms with Crippen LogP contribution in [0.1, 0.15) is 18.4 Å². The molecule has 0 aliphatic rings. The van der Waals surface area contributed by atoms with Gasteiger partial charge in [0, 0.05) is 11.1 Å². The molecule has 0 atom stereocenters. The number of aliphatic hydroxyl groups is 1. The Balaban J connectivity index is 2.52. The number of azo groups is 1. The summed E-state index contributed by atoms with van der Waals surface area (Å²) in [4.78, 5) is 0. The molecule has 0 unspecified atom stereocenters. The van der Waals surface area contributed by atoms with Crippen molar-refractivity contribution >= 4 is 21.6 Å². The Morgan fingerprint density at radius 2 is 2.13 bits per heavy atom. The van der Waals surface area contributed by atoms with Gasteiger partial charge in [-0.2, -0.15) is 10.2 Å². The van der Waals surface area contributed by atoms with E-state index in [0.29, 0.717) is 6.54 Å². The molecule has 1 aromatic carbocycles. The second kappa shape index (κ2) is 6.69. The lowest BCUT2D eigenvalue weighted by atomic mass is 10.2. The van der Waals surface area contributed by atoms with Crippen molar-refractivity contribution < 1.29 is 5.11 Å². The molecule has 4 heteroatoms. The standard InChI is InChI=1S/C11H15BrN2O/c1-9-4-5-10(12)8-11(9)14-13-6-2-3-7-15/h4-5,8,15H,2-3,6-7H2,1H3. The first kappa shape index (κ1) is 12.3. The van der Waals surface area contributed by atoms with Crippen LogP contribution in [0.3, 0.4) is 0 Å². The zero-order valence-electron chi connectivity index (χ0n) is 8.78. The molecule has 15 heavy (non-hydrogen) atoms. The molecule has 0 saturated carbocycles. The Kier molecular flexibility index (Phi) is 5.50. The zero-order chi connectivity index (χ0) is 11.1. The average Bonchev–Trinajstić information content (AvgIpc) is 2.23. The van der Waals surface area contributed by atoms with Crippen LogP contribution in [0.4, 0.5) is 5.69 Å². The number of aliphatic hydroxyl groups excluding tert-OH is 1. The smallest absolute Gasteiger partial charge is 0.0892 e. The molecule has 0 aliphatic heterocycles. The summed E-state index contributed by atoms with van der Waals surface area (Å²) < 4.78 is 1.01. The summed E-state index contributed by atoms with van der Waals surface area (Å²) >= 11 is 3.40. The van der Waals surface area contributed by atoms with E-state index in [9.17, 15) is 0 Å². The molecule has 3 nitrogen and oxygen atoms in total. The highest BCUT2D eigenvalue weighted by atomic mass is 79.9. The van der Waals surface area contributed by atoms with Gasteiger partial charge in [-0.25, -0.2) is 0 Å². The number of aryl methyl sites for hydroxylation is 1. The van der Waals surface area contributed by atoms with Gasteiger partial charge < -0.3 is 5.11 Å². The third kappa shape index (κ3) is 4.53. The van der Waals surface area contributed by atoms with Crippen LogP contribution in [0, 0.1) is 6.92 Å². The summed E-state index contributed by atoms with van der Waals surface area (Å²) in [5, 5.41) is 16.8. The summed E-state index contributed by atoms with van der Waals surface area (Å²) in [6.07, 6.45) is 1.67. The first-order valence-corrected chi connectivity index (χ1v) is 5.78. The lowest BCUT2D eigenvalue weighted by molar-refractivity contribution is 0.285. The number of hydrogen-bond donors (Lipinski definition) is 1. The highest BCUT2D eigenvalue weighted by Crippen LogP contribution is 2.23. The van der Waals surface area contributed by atoms with Gasteiger partial charge in [-0.3, -0.25) is 0 Å². The fourth-order valence-corrected chi connectivity index (χ4v) is 1.46. The number of hydrogen-bond acceptors (Lipinski definition) is 3. The second-order valence-electron chi connectivity index (χ2n) is 3.33. The lowest BCUT2D eigenvalue weighted by Crippen LogP contribution is -1.85. The summed E-state index contributed by atoms with van der Waals surface area (Å²) in [6.45, 7) is 2.91. The normalized spacial score (nSPS) is 11.1. The van der Waals surface area contributed by atoms with Gasteiger partial charge in [0.15, 0.2) is 0 Å². The maximum absolute atomic E-state index is 8.58. The molecule has 1 rings (SSSR count). The Hall–Kier alpha value is -0.740. The minimum absolute atomic E-state index is 0.228. The van der Waals surface area contributed by atoms with E-state index in [2.05, 4.69) is 26.2 Å². The fraction of sp³-hybridized carbons (Fsp3) is 0.455. The first-order valence-electron chi connectivity index (χ1n) is 4.98. The summed E-state index contributed by atoms with van der Waals surface area (Å²) in [6, 6.07) is 5.94. The third-order valence-electron chi connectivity index (χ3n) is 2.02. The van der Waals surface area contributed by atoms with E-state index < -0.39 is 0 Å². The molecule has 1 N–H and O–H groups in total. The highest BCUT2D eigenvalue weighted by molar-refractivity contribution is 9.10. The van der Waals surface area contributed by atoms with Gasteiger partial charge in [0.05, 0.1) is 12.2 Å². The van der Waals surface area contributed by atoms with Crippen molar-refractivity contribution in [3.05, 3.63) is 28.2 Å². The maximum atomic E-state index is 8.58. The van der Waals surface area contributed by atoms with Crippen LogP contribution in [-0.4, -0.2) is 18.3 Å². The maximum Gasteiger partial charge on any atom is 0.0892 e. The van der Waals surface area contributed by atoms with Crippen molar-refractivity contribution in [3.63, 3.8) is 0 Å². The molecular formula is C11H15BrN2O. The van der Waals surface area contributed by atoms with E-state index in [1.54, 1.807) is 0 Å². The first-order chi connectivity index (χ1) is 7.24. The molecule has 0 spiro atoms. The highest BCUT2D eigenvalue weighted by Gasteiger charge is 1.96. The van der Waals surface area contributed by atoms with Gasteiger partial charge in [0.1, 0.15) is 0 Å². The summed E-state index contributed by atoms with van der Waals surface area (Å²) in [7, 11) is 0. The molecule has 0 radical (unpaired) electrons. The fourth-order valence-electron chi connectivity index (χ4n) is 1.11. The van der Waals surface area contributed by atoms with Crippen LogP contribution in [0.5, 0.6) is 0 Å². The topological polar surface area (TPSA) is 45.0 Å². The Morgan fingerprint density at radius 1 is 1.33 bits per heavy atom. The van der Waals surface area contributed by atoms with Crippen molar-refractivity contribution in [1.29, 1.82) is 0 Å². The Bertz CT molecular complexity index is 339. The van der Waals surface area contributed by atoms with Crippen LogP contribution in [0.2, 0.25) is 0 Å². The van der Waals surface area contributed by atoms with Crippen molar-refractivity contribution in [2.24, 2.45) is 10.2 Å². The quantitative estimate of drug-likeness (QED) is 0.645. The SMILES string of the molecule is Cc1ccc(Br)cc1N=NCCCCO. The van der Waals surface area contributed by atoms with Gasteiger partial charge in [-0.1, -0.05) is 22.0 Å². The van der Waals surface area contributed by atoms with E-state index in [4.69, 9.17) is 5.11 Å². The number of benzene rings is 1. The van der Waals surface area contributed by atoms with E-state index >= 15 is 0 Å². The minimum atomic E-state index is 0.228. The molecule has 0 saturated heterocycles. The molecule has 82 valence electrons. The van der Waals surface area contributed by atoms with Crippen LogP contribution in [0.25, 0.3) is 0 Å². The number of halogens is 1. The average molecular weight is 271 g/mol. The summed E-state index contributed by atoms with van der Waals surface area (Å²) in [5.41, 5.74) is 2.01. The van der Waals surface area contributed by atoms with Crippen LogP contribution < -0.4 is 0 Å². The van der Waals surface area contributed by atoms with Crippen LogP contribution >= 0.6 is 15.9 Å². The van der Waals surface area contributed by atoms with Crippen molar-refractivity contribution in [1.82, 2.24) is 0 Å². The van der Waals surface area contributed by atoms with Crippen LogP contribution in [-0.2, 0) is 0 Å². The molecule has 0 aliphatic carbocycles. The van der Waals surface area contributed by atoms with Crippen molar-refractivity contribution in [2.45, 2.75) is 19.8 Å². The molecule has 0 fully saturated rings. The molecule has 1 aromatic rings. The Morgan fingerprint density at radius 3 is 2.87 bits per heavy atom. The number of nitrogens with zero attached hydrogens (tertiary/aromatic N) is 2. The third-order valence-corrected chi connectivity index (χ3v) is 2.51. The molecular weight excluding hydrogens is 256 g/mol. The van der Waals surface area contributed by atoms with Gasteiger partial charge >= 0.3 is 0 Å². The van der Waals surface area contributed by atoms with E-state index in [0.717, 1.165) is 28.6 Å². The Labute approximate surface area is 98.4 Å². The summed E-state index contributed by atoms with van der Waals surface area (Å²) in [5.74, 6) is 0. The predicted octanol–water partition coefficient (Wildman–Crippen LogP) is 3.61. The van der Waals surface area contributed by atoms with E-state index in [1.165, 1.54) is 0 Å². The van der Waals surface area contributed by atoms with Crippen LogP contribution in [0.15, 0.2) is 32.9 Å². The van der Waals surface area contributed by atoms with Gasteiger partial charge in [-0.15, -0.1) is 0 Å². The molecule has 0 heterocycles. The number of rotatable bonds is 5. The monoisotopic (exact) mass is 270 g/mol. The van der Waals surface area contributed by atoms with Crippen molar-refractivity contribution in [2.75, 3.05) is 13.2 Å². The second-order valence-corrected chi connectivity index (χ2v) is 4.24. The van der Waals surface area contributed by atoms with Crippen molar-refractivity contribution in [3.8, 4) is 0 Å². The largest absolute Gasteiger partial charge is 0.396 e. The molecule has 0 aromatic heterocycles. The van der Waals surface area contributed by atoms with Gasteiger partial charge in [-0.05, 0) is 37.5 Å². The van der Waals surface area contributed by atoms with Gasteiger partial charge in [0.2, 0.25) is 0 Å². The molecule has 0 amide bonds. The van der Waals surface area contributed by atoms with Gasteiger partial charge in [0.25, 0.3) is 0 Å². The predicted molar refractivity (Wildman–Crippen MR) is 64.6 cm³/mol. The van der Waals surface area contributed by atoms with E-state index in [1.807, 2.05) is 25.1 Å². The zero-order valence-corrected chi connectivity index (χ0v) is 10.4. The lowest BCUT2D eigenvalue weighted by Gasteiger charge is -1.99. The van der Waals surface area contributed by atoms with E-state index in [-0.39, 0.29) is 6.61 Å². The minimum Gasteiger partial charge on any atom is -0.396 e.